The first-order chi connectivity index (χ1) is 7.58. The molecular weight excluding hydrogens is 210 g/mol. The van der Waals surface area contributed by atoms with E-state index < -0.39 is 12.0 Å². The third-order valence-corrected chi connectivity index (χ3v) is 2.61. The fraction of sp³-hybridized carbons (Fsp3) is 0.600. The van der Waals surface area contributed by atoms with Gasteiger partial charge in [0, 0.05) is 17.9 Å². The van der Waals surface area contributed by atoms with E-state index in [1.807, 2.05) is 0 Å². The van der Waals surface area contributed by atoms with Crippen LogP contribution in [0.5, 0.6) is 5.88 Å². The zero-order valence-electron chi connectivity index (χ0n) is 9.09. The quantitative estimate of drug-likeness (QED) is 0.747. The van der Waals surface area contributed by atoms with E-state index in [1.165, 1.54) is 0 Å². The largest absolute Gasteiger partial charge is 0.480 e. The Bertz CT molecular complexity index is 402. The maximum Gasteiger partial charge on any atom is 0.320 e. The normalized spacial score (nSPS) is 21.0. The van der Waals surface area contributed by atoms with Gasteiger partial charge in [-0.05, 0) is 0 Å². The van der Waals surface area contributed by atoms with Crippen LogP contribution in [0.2, 0.25) is 0 Å². The number of nitrogens with zero attached hydrogens (tertiary/aromatic N) is 2. The van der Waals surface area contributed by atoms with Crippen LogP contribution in [0.1, 0.15) is 12.5 Å². The highest BCUT2D eigenvalue weighted by atomic mass is 16.5. The SMILES string of the molecule is C[C@H]1COc2c(C[C@H](N)C(=O)O)cnn2C1. The van der Waals surface area contributed by atoms with Gasteiger partial charge in [-0.3, -0.25) is 4.79 Å². The predicted octanol–water partition coefficient (Wildman–Crippen LogP) is -0.134. The Morgan fingerprint density at radius 2 is 2.62 bits per heavy atom. The van der Waals surface area contributed by atoms with Gasteiger partial charge in [0.05, 0.1) is 19.3 Å². The molecule has 16 heavy (non-hydrogen) atoms. The lowest BCUT2D eigenvalue weighted by Gasteiger charge is -2.21. The van der Waals surface area contributed by atoms with Crippen LogP contribution >= 0.6 is 0 Å². The van der Waals surface area contributed by atoms with Crippen LogP contribution in [-0.2, 0) is 17.8 Å². The van der Waals surface area contributed by atoms with Crippen molar-refractivity contribution in [3.8, 4) is 5.88 Å². The lowest BCUT2D eigenvalue weighted by molar-refractivity contribution is -0.138. The number of carboxylic acids is 1. The minimum Gasteiger partial charge on any atom is -0.480 e. The van der Waals surface area contributed by atoms with Gasteiger partial charge in [-0.1, -0.05) is 6.92 Å². The summed E-state index contributed by atoms with van der Waals surface area (Å²) in [6, 6.07) is -0.906. The molecule has 0 bridgehead atoms. The van der Waals surface area contributed by atoms with Gasteiger partial charge in [-0.25, -0.2) is 4.68 Å². The van der Waals surface area contributed by atoms with E-state index in [0.29, 0.717) is 18.4 Å². The highest BCUT2D eigenvalue weighted by Crippen LogP contribution is 2.25. The number of hydrogen-bond donors (Lipinski definition) is 2. The molecule has 6 nitrogen and oxygen atoms in total. The number of rotatable bonds is 3. The molecule has 0 unspecified atom stereocenters. The maximum absolute atomic E-state index is 10.7. The van der Waals surface area contributed by atoms with Crippen LogP contribution < -0.4 is 10.5 Å². The lowest BCUT2D eigenvalue weighted by Crippen LogP contribution is -2.32. The zero-order chi connectivity index (χ0) is 11.7. The predicted molar refractivity (Wildman–Crippen MR) is 56.2 cm³/mol. The summed E-state index contributed by atoms with van der Waals surface area (Å²) in [5.74, 6) is 0.0762. The molecule has 0 saturated heterocycles. The van der Waals surface area contributed by atoms with Crippen molar-refractivity contribution in [2.24, 2.45) is 11.7 Å². The van der Waals surface area contributed by atoms with Crippen LogP contribution in [0.4, 0.5) is 0 Å². The molecule has 2 heterocycles. The molecule has 0 aliphatic carbocycles. The van der Waals surface area contributed by atoms with Crippen LogP contribution in [0.25, 0.3) is 0 Å². The van der Waals surface area contributed by atoms with Crippen molar-refractivity contribution in [3.05, 3.63) is 11.8 Å². The Morgan fingerprint density at radius 1 is 1.88 bits per heavy atom. The standard InChI is InChI=1S/C10H15N3O3/c1-6-4-13-9(16-5-6)7(3-12-13)2-8(11)10(14)15/h3,6,8H,2,4-5,11H2,1H3,(H,14,15)/t6-,8+/m1/s1. The molecule has 1 aliphatic heterocycles. The first kappa shape index (κ1) is 10.9. The summed E-state index contributed by atoms with van der Waals surface area (Å²) in [5.41, 5.74) is 6.24. The van der Waals surface area contributed by atoms with Crippen molar-refractivity contribution < 1.29 is 14.6 Å². The van der Waals surface area contributed by atoms with Crippen molar-refractivity contribution in [1.29, 1.82) is 0 Å². The second-order valence-corrected chi connectivity index (χ2v) is 4.22. The molecule has 1 aromatic rings. The number of nitrogens with two attached hydrogens (primary N) is 1. The molecule has 3 N–H and O–H groups in total. The van der Waals surface area contributed by atoms with Crippen molar-refractivity contribution in [2.75, 3.05) is 6.61 Å². The average Bonchev–Trinajstić information content (AvgIpc) is 2.60. The van der Waals surface area contributed by atoms with Gasteiger partial charge in [0.15, 0.2) is 0 Å². The number of carboxylic acid groups (broad SMARTS) is 1. The fourth-order valence-electron chi connectivity index (χ4n) is 1.74. The molecule has 1 aliphatic rings. The highest BCUT2D eigenvalue weighted by molar-refractivity contribution is 5.73. The molecule has 0 fully saturated rings. The first-order valence-electron chi connectivity index (χ1n) is 5.23. The average molecular weight is 225 g/mol. The molecule has 0 spiro atoms. The number of fused-ring (bicyclic) bond motifs is 1. The maximum atomic E-state index is 10.7. The van der Waals surface area contributed by atoms with E-state index in [2.05, 4.69) is 12.0 Å². The number of aliphatic carboxylic acids is 1. The summed E-state index contributed by atoms with van der Waals surface area (Å²) >= 11 is 0. The van der Waals surface area contributed by atoms with Gasteiger partial charge in [0.1, 0.15) is 6.04 Å². The molecule has 1 aromatic heterocycles. The van der Waals surface area contributed by atoms with Crippen LogP contribution in [0.3, 0.4) is 0 Å². The van der Waals surface area contributed by atoms with E-state index in [0.717, 1.165) is 12.1 Å². The number of ether oxygens (including phenoxy) is 1. The summed E-state index contributed by atoms with van der Waals surface area (Å²) in [6.45, 7) is 3.52. The molecule has 88 valence electrons. The first-order valence-corrected chi connectivity index (χ1v) is 5.23. The molecule has 0 amide bonds. The summed E-state index contributed by atoms with van der Waals surface area (Å²) in [4.78, 5) is 10.7. The smallest absolute Gasteiger partial charge is 0.320 e. The van der Waals surface area contributed by atoms with Crippen LogP contribution in [-0.4, -0.2) is 33.5 Å². The molecule has 6 heteroatoms. The number of aromatic nitrogens is 2. The number of carbonyl (C=O) groups is 1. The van der Waals surface area contributed by atoms with Gasteiger partial charge >= 0.3 is 5.97 Å². The Morgan fingerprint density at radius 3 is 3.31 bits per heavy atom. The van der Waals surface area contributed by atoms with Gasteiger partial charge in [0.2, 0.25) is 5.88 Å². The lowest BCUT2D eigenvalue weighted by atomic mass is 10.1. The molecule has 2 atom stereocenters. The monoisotopic (exact) mass is 225 g/mol. The molecule has 2 rings (SSSR count). The van der Waals surface area contributed by atoms with E-state index in [9.17, 15) is 4.79 Å². The third-order valence-electron chi connectivity index (χ3n) is 2.61. The van der Waals surface area contributed by atoms with Crippen LogP contribution in [0.15, 0.2) is 6.20 Å². The van der Waals surface area contributed by atoms with E-state index >= 15 is 0 Å². The van der Waals surface area contributed by atoms with Gasteiger partial charge in [-0.2, -0.15) is 5.10 Å². The van der Waals surface area contributed by atoms with Crippen molar-refractivity contribution in [2.45, 2.75) is 25.9 Å². The Labute approximate surface area is 93.0 Å². The topological polar surface area (TPSA) is 90.4 Å². The summed E-state index contributed by atoms with van der Waals surface area (Å²) in [7, 11) is 0. The van der Waals surface area contributed by atoms with Crippen molar-refractivity contribution in [3.63, 3.8) is 0 Å². The molecule has 0 radical (unpaired) electrons. The summed E-state index contributed by atoms with van der Waals surface area (Å²) in [6.07, 6.45) is 1.88. The summed E-state index contributed by atoms with van der Waals surface area (Å²) < 4.78 is 7.30. The number of hydrogen-bond acceptors (Lipinski definition) is 4. The van der Waals surface area contributed by atoms with E-state index in [-0.39, 0.29) is 6.42 Å². The molecule has 0 aromatic carbocycles. The van der Waals surface area contributed by atoms with Crippen molar-refractivity contribution >= 4 is 5.97 Å². The third kappa shape index (κ3) is 2.01. The van der Waals surface area contributed by atoms with Gasteiger partial charge < -0.3 is 15.6 Å². The Hall–Kier alpha value is -1.56. The molecular formula is C10H15N3O3. The minimum absolute atomic E-state index is 0.249. The Kier molecular flexibility index (Phi) is 2.82. The van der Waals surface area contributed by atoms with Crippen LogP contribution in [0, 0.1) is 5.92 Å². The van der Waals surface area contributed by atoms with E-state index in [4.69, 9.17) is 15.6 Å². The second kappa shape index (κ2) is 4.13. The minimum atomic E-state index is -1.01. The fourth-order valence-corrected chi connectivity index (χ4v) is 1.74. The molecule has 0 saturated carbocycles. The highest BCUT2D eigenvalue weighted by Gasteiger charge is 2.23. The van der Waals surface area contributed by atoms with Gasteiger partial charge in [-0.15, -0.1) is 0 Å². The second-order valence-electron chi connectivity index (χ2n) is 4.22. The van der Waals surface area contributed by atoms with Crippen molar-refractivity contribution in [1.82, 2.24) is 9.78 Å². The van der Waals surface area contributed by atoms with Gasteiger partial charge in [0.25, 0.3) is 0 Å². The summed E-state index contributed by atoms with van der Waals surface area (Å²) in [5, 5.41) is 12.9. The van der Waals surface area contributed by atoms with E-state index in [1.54, 1.807) is 10.9 Å². The Balaban J connectivity index is 2.15. The zero-order valence-corrected chi connectivity index (χ0v) is 9.09.